The molecule has 0 bridgehead atoms. The third kappa shape index (κ3) is 4.05. The minimum atomic E-state index is -0.0364. The van der Waals surface area contributed by atoms with Gasteiger partial charge in [-0.25, -0.2) is 0 Å². The second-order valence-corrected chi connectivity index (χ2v) is 5.94. The van der Waals surface area contributed by atoms with Gasteiger partial charge in [0.05, 0.1) is 18.5 Å². The molecule has 0 fully saturated rings. The fourth-order valence-corrected chi connectivity index (χ4v) is 2.86. The van der Waals surface area contributed by atoms with Gasteiger partial charge in [0.2, 0.25) is 5.91 Å². The van der Waals surface area contributed by atoms with Crippen molar-refractivity contribution in [3.63, 3.8) is 0 Å². The van der Waals surface area contributed by atoms with Crippen LogP contribution >= 0.6 is 0 Å². The van der Waals surface area contributed by atoms with Crippen LogP contribution in [0.4, 0.5) is 0 Å². The number of hydrogen-bond donors (Lipinski definition) is 1. The smallest absolute Gasteiger partial charge is 0.225 e. The Morgan fingerprint density at radius 1 is 1.04 bits per heavy atom. The van der Waals surface area contributed by atoms with E-state index in [9.17, 15) is 4.79 Å². The number of benzene rings is 2. The molecule has 1 heterocycles. The van der Waals surface area contributed by atoms with Crippen molar-refractivity contribution in [2.24, 2.45) is 0 Å². The topological polar surface area (TPSA) is 42.0 Å². The molecule has 0 spiro atoms. The first-order valence-electron chi connectivity index (χ1n) is 8.30. The highest BCUT2D eigenvalue weighted by molar-refractivity contribution is 5.86. The fourth-order valence-electron chi connectivity index (χ4n) is 2.86. The summed E-state index contributed by atoms with van der Waals surface area (Å²) in [5.41, 5.74) is 4.93. The molecule has 3 heteroatoms. The predicted octanol–water partition coefficient (Wildman–Crippen LogP) is 3.56. The highest BCUT2D eigenvalue weighted by Gasteiger charge is 2.12. The summed E-state index contributed by atoms with van der Waals surface area (Å²) in [6.45, 7) is 4.35. The van der Waals surface area contributed by atoms with E-state index in [1.165, 1.54) is 0 Å². The van der Waals surface area contributed by atoms with Crippen LogP contribution in [0, 0.1) is 25.7 Å². The second kappa shape index (κ2) is 7.63. The van der Waals surface area contributed by atoms with Crippen LogP contribution in [0.5, 0.6) is 0 Å². The number of nitrogens with zero attached hydrogens (tertiary/aromatic N) is 1. The highest BCUT2D eigenvalue weighted by Crippen LogP contribution is 2.22. The van der Waals surface area contributed by atoms with Crippen molar-refractivity contribution in [3.05, 3.63) is 77.0 Å². The molecule has 0 aliphatic heterocycles. The van der Waals surface area contributed by atoms with Crippen molar-refractivity contribution < 1.29 is 4.79 Å². The molecule has 3 aromatic rings. The number of carbonyl (C=O) groups excluding carboxylic acids is 1. The lowest BCUT2D eigenvalue weighted by Gasteiger charge is -2.12. The zero-order chi connectivity index (χ0) is 17.6. The first kappa shape index (κ1) is 16.7. The molecule has 3 rings (SSSR count). The van der Waals surface area contributed by atoms with Gasteiger partial charge in [0, 0.05) is 16.6 Å². The van der Waals surface area contributed by atoms with Crippen LogP contribution in [-0.4, -0.2) is 17.4 Å². The van der Waals surface area contributed by atoms with E-state index in [0.29, 0.717) is 13.0 Å². The molecule has 0 radical (unpaired) electrons. The number of pyridine rings is 1. The number of aryl methyl sites for hydroxylation is 2. The van der Waals surface area contributed by atoms with Gasteiger partial charge >= 0.3 is 0 Å². The van der Waals surface area contributed by atoms with Crippen molar-refractivity contribution in [3.8, 4) is 11.8 Å². The van der Waals surface area contributed by atoms with Gasteiger partial charge in [-0.1, -0.05) is 48.2 Å². The molecule has 1 N–H and O–H groups in total. The third-order valence-corrected chi connectivity index (χ3v) is 4.20. The van der Waals surface area contributed by atoms with Crippen LogP contribution < -0.4 is 5.32 Å². The summed E-state index contributed by atoms with van der Waals surface area (Å²) in [7, 11) is 0. The number of carbonyl (C=O) groups is 1. The number of fused-ring (bicyclic) bond motifs is 1. The summed E-state index contributed by atoms with van der Waals surface area (Å²) < 4.78 is 0. The minimum Gasteiger partial charge on any atom is -0.345 e. The van der Waals surface area contributed by atoms with Gasteiger partial charge in [-0.2, -0.15) is 0 Å². The molecule has 0 saturated heterocycles. The largest absolute Gasteiger partial charge is 0.345 e. The first-order valence-corrected chi connectivity index (χ1v) is 8.30. The summed E-state index contributed by atoms with van der Waals surface area (Å²) in [5, 5.41) is 3.96. The van der Waals surface area contributed by atoms with Gasteiger partial charge in [0.15, 0.2) is 0 Å². The Balaban J connectivity index is 1.67. The van der Waals surface area contributed by atoms with Gasteiger partial charge < -0.3 is 5.32 Å². The van der Waals surface area contributed by atoms with Crippen LogP contribution in [0.15, 0.2) is 54.6 Å². The maximum absolute atomic E-state index is 12.3. The number of para-hydroxylation sites is 1. The van der Waals surface area contributed by atoms with E-state index in [4.69, 9.17) is 0 Å². The molecular weight excluding hydrogens is 308 g/mol. The van der Waals surface area contributed by atoms with Gasteiger partial charge in [-0.05, 0) is 43.2 Å². The van der Waals surface area contributed by atoms with E-state index in [2.05, 4.69) is 29.1 Å². The zero-order valence-electron chi connectivity index (χ0n) is 14.5. The van der Waals surface area contributed by atoms with Crippen LogP contribution in [0.2, 0.25) is 0 Å². The van der Waals surface area contributed by atoms with Gasteiger partial charge in [-0.15, -0.1) is 0 Å². The Bertz CT molecular complexity index is 966. The Hall–Kier alpha value is -3.12. The van der Waals surface area contributed by atoms with Crippen LogP contribution in [-0.2, 0) is 11.2 Å². The number of aromatic nitrogens is 1. The van der Waals surface area contributed by atoms with E-state index >= 15 is 0 Å². The first-order chi connectivity index (χ1) is 12.1. The van der Waals surface area contributed by atoms with Crippen molar-refractivity contribution in [1.29, 1.82) is 0 Å². The molecule has 1 amide bonds. The average molecular weight is 328 g/mol. The van der Waals surface area contributed by atoms with E-state index < -0.39 is 0 Å². The molecule has 0 saturated carbocycles. The van der Waals surface area contributed by atoms with Crippen LogP contribution in [0.1, 0.15) is 22.4 Å². The Morgan fingerprint density at radius 3 is 2.56 bits per heavy atom. The van der Waals surface area contributed by atoms with E-state index in [0.717, 1.165) is 33.3 Å². The highest BCUT2D eigenvalue weighted by atomic mass is 16.1. The number of hydrogen-bond acceptors (Lipinski definition) is 2. The number of nitrogens with one attached hydrogen (secondary N) is 1. The fraction of sp³-hybridized carbons (Fsp3) is 0.182. The van der Waals surface area contributed by atoms with E-state index in [1.807, 2.05) is 61.5 Å². The lowest BCUT2D eigenvalue weighted by atomic mass is 9.99. The molecule has 2 aromatic carbocycles. The van der Waals surface area contributed by atoms with E-state index in [1.54, 1.807) is 0 Å². The SMILES string of the molecule is Cc1nc2ccccc2c(C)c1CC(=O)NCC#Cc1ccccc1. The maximum Gasteiger partial charge on any atom is 0.225 e. The lowest BCUT2D eigenvalue weighted by molar-refractivity contribution is -0.120. The molecule has 25 heavy (non-hydrogen) atoms. The molecule has 124 valence electrons. The minimum absolute atomic E-state index is 0.0364. The van der Waals surface area contributed by atoms with Crippen molar-refractivity contribution in [1.82, 2.24) is 10.3 Å². The monoisotopic (exact) mass is 328 g/mol. The summed E-state index contributed by atoms with van der Waals surface area (Å²) in [5.74, 6) is 5.98. The summed E-state index contributed by atoms with van der Waals surface area (Å²) in [4.78, 5) is 16.9. The average Bonchev–Trinajstić information content (AvgIpc) is 2.63. The summed E-state index contributed by atoms with van der Waals surface area (Å²) in [6.07, 6.45) is 0.322. The summed E-state index contributed by atoms with van der Waals surface area (Å²) in [6, 6.07) is 17.8. The number of rotatable bonds is 3. The molecule has 1 aromatic heterocycles. The van der Waals surface area contributed by atoms with E-state index in [-0.39, 0.29) is 5.91 Å². The summed E-state index contributed by atoms with van der Waals surface area (Å²) >= 11 is 0. The molecule has 0 aliphatic carbocycles. The van der Waals surface area contributed by atoms with Crippen molar-refractivity contribution in [2.75, 3.05) is 6.54 Å². The number of amides is 1. The third-order valence-electron chi connectivity index (χ3n) is 4.20. The Morgan fingerprint density at radius 2 is 1.76 bits per heavy atom. The molecule has 3 nitrogen and oxygen atoms in total. The van der Waals surface area contributed by atoms with Gasteiger partial charge in [-0.3, -0.25) is 9.78 Å². The van der Waals surface area contributed by atoms with Crippen molar-refractivity contribution >= 4 is 16.8 Å². The lowest BCUT2D eigenvalue weighted by Crippen LogP contribution is -2.26. The zero-order valence-corrected chi connectivity index (χ0v) is 14.5. The van der Waals surface area contributed by atoms with Gasteiger partial charge in [0.1, 0.15) is 0 Å². The van der Waals surface area contributed by atoms with Crippen LogP contribution in [0.3, 0.4) is 0 Å². The molecule has 0 unspecified atom stereocenters. The van der Waals surface area contributed by atoms with Crippen molar-refractivity contribution in [2.45, 2.75) is 20.3 Å². The molecule has 0 aliphatic rings. The molecule has 0 atom stereocenters. The Labute approximate surface area is 148 Å². The Kier molecular flexibility index (Phi) is 5.11. The predicted molar refractivity (Wildman–Crippen MR) is 101 cm³/mol. The van der Waals surface area contributed by atoms with Gasteiger partial charge in [0.25, 0.3) is 0 Å². The standard InChI is InChI=1S/C22H20N2O/c1-16-19-12-6-7-13-21(19)24-17(2)20(16)15-22(25)23-14-8-11-18-9-4-3-5-10-18/h3-7,9-10,12-13H,14-15H2,1-2H3,(H,23,25). The second-order valence-electron chi connectivity index (χ2n) is 5.94. The van der Waals surface area contributed by atoms with Crippen LogP contribution in [0.25, 0.3) is 10.9 Å². The normalized spacial score (nSPS) is 10.2. The maximum atomic E-state index is 12.3. The molecular formula is C22H20N2O. The quantitative estimate of drug-likeness (QED) is 0.747.